The van der Waals surface area contributed by atoms with Crippen molar-refractivity contribution in [1.29, 1.82) is 0 Å². The Morgan fingerprint density at radius 3 is 2.72 bits per heavy atom. The summed E-state index contributed by atoms with van der Waals surface area (Å²) in [6, 6.07) is 4.10. The summed E-state index contributed by atoms with van der Waals surface area (Å²) in [6.45, 7) is 0. The van der Waals surface area contributed by atoms with Gasteiger partial charge in [-0.05, 0) is 18.2 Å². The second kappa shape index (κ2) is 4.84. The SMILES string of the molecule is O=C(Nc1ccc(C(=O)O)c(Cl)c1)c1cn[nH]n1. The number of halogens is 1. The molecule has 18 heavy (non-hydrogen) atoms. The van der Waals surface area contributed by atoms with Crippen molar-refractivity contribution in [2.75, 3.05) is 5.32 Å². The van der Waals surface area contributed by atoms with Gasteiger partial charge in [0.05, 0.1) is 16.8 Å². The molecule has 0 aliphatic rings. The van der Waals surface area contributed by atoms with Crippen LogP contribution in [-0.4, -0.2) is 32.4 Å². The molecule has 8 heteroatoms. The quantitative estimate of drug-likeness (QED) is 0.778. The first-order chi connectivity index (χ1) is 8.58. The van der Waals surface area contributed by atoms with Gasteiger partial charge in [0.15, 0.2) is 5.69 Å². The van der Waals surface area contributed by atoms with Gasteiger partial charge in [-0.3, -0.25) is 4.79 Å². The third-order valence-electron chi connectivity index (χ3n) is 2.11. The summed E-state index contributed by atoms with van der Waals surface area (Å²) in [5, 5.41) is 20.8. The van der Waals surface area contributed by atoms with Crippen molar-refractivity contribution in [1.82, 2.24) is 15.4 Å². The molecule has 2 rings (SSSR count). The Bertz CT molecular complexity index is 597. The molecule has 92 valence electrons. The van der Waals surface area contributed by atoms with Crippen LogP contribution in [0.1, 0.15) is 20.8 Å². The average Bonchev–Trinajstić information content (AvgIpc) is 2.81. The van der Waals surface area contributed by atoms with Crippen molar-refractivity contribution in [2.24, 2.45) is 0 Å². The lowest BCUT2D eigenvalue weighted by atomic mass is 10.2. The summed E-state index contributed by atoms with van der Waals surface area (Å²) in [4.78, 5) is 22.4. The molecule has 0 bridgehead atoms. The molecule has 0 aliphatic carbocycles. The molecule has 1 amide bonds. The summed E-state index contributed by atoms with van der Waals surface area (Å²) in [7, 11) is 0. The van der Waals surface area contributed by atoms with Crippen molar-refractivity contribution >= 4 is 29.2 Å². The Morgan fingerprint density at radius 1 is 1.39 bits per heavy atom. The molecule has 3 N–H and O–H groups in total. The molecular weight excluding hydrogens is 260 g/mol. The number of hydrogen-bond acceptors (Lipinski definition) is 4. The Kier molecular flexibility index (Phi) is 3.24. The number of carboxylic acids is 1. The Morgan fingerprint density at radius 2 is 2.17 bits per heavy atom. The largest absolute Gasteiger partial charge is 0.478 e. The molecule has 0 aliphatic heterocycles. The van der Waals surface area contributed by atoms with Gasteiger partial charge in [0.1, 0.15) is 0 Å². The number of carbonyl (C=O) groups is 2. The van der Waals surface area contributed by atoms with Gasteiger partial charge >= 0.3 is 5.97 Å². The van der Waals surface area contributed by atoms with Crippen LogP contribution in [0.5, 0.6) is 0 Å². The topological polar surface area (TPSA) is 108 Å². The first-order valence-electron chi connectivity index (χ1n) is 4.78. The summed E-state index contributed by atoms with van der Waals surface area (Å²) < 4.78 is 0. The molecular formula is C10H7ClN4O3. The minimum absolute atomic E-state index is 0.0314. The summed E-state index contributed by atoms with van der Waals surface area (Å²) >= 11 is 5.77. The third kappa shape index (κ3) is 2.46. The van der Waals surface area contributed by atoms with Crippen molar-refractivity contribution in [3.05, 3.63) is 40.7 Å². The van der Waals surface area contributed by atoms with Gasteiger partial charge in [-0.25, -0.2) is 4.79 Å². The van der Waals surface area contributed by atoms with Crippen molar-refractivity contribution in [3.8, 4) is 0 Å². The molecule has 7 nitrogen and oxygen atoms in total. The Balaban J connectivity index is 2.18. The molecule has 0 fully saturated rings. The number of aromatic amines is 1. The summed E-state index contributed by atoms with van der Waals surface area (Å²) in [6.07, 6.45) is 1.27. The fraction of sp³-hybridized carbons (Fsp3) is 0. The van der Waals surface area contributed by atoms with Gasteiger partial charge < -0.3 is 10.4 Å². The van der Waals surface area contributed by atoms with E-state index in [1.807, 2.05) is 0 Å². The zero-order valence-corrected chi connectivity index (χ0v) is 9.60. The number of aromatic carboxylic acids is 1. The summed E-state index contributed by atoms with van der Waals surface area (Å²) in [5.41, 5.74) is 0.461. The van der Waals surface area contributed by atoms with E-state index in [0.29, 0.717) is 5.69 Å². The standard InChI is InChI=1S/C10H7ClN4O3/c11-7-3-5(1-2-6(7)10(17)18)13-9(16)8-4-12-15-14-8/h1-4H,(H,13,16)(H,17,18)(H,12,14,15). The van der Waals surface area contributed by atoms with Gasteiger partial charge in [0.2, 0.25) is 0 Å². The fourth-order valence-corrected chi connectivity index (χ4v) is 1.53. The minimum Gasteiger partial charge on any atom is -0.478 e. The number of nitrogens with one attached hydrogen (secondary N) is 2. The zero-order chi connectivity index (χ0) is 13.1. The predicted molar refractivity (Wildman–Crippen MR) is 62.7 cm³/mol. The molecule has 1 aromatic heterocycles. The van der Waals surface area contributed by atoms with E-state index in [9.17, 15) is 9.59 Å². The first-order valence-corrected chi connectivity index (χ1v) is 5.15. The zero-order valence-electron chi connectivity index (χ0n) is 8.85. The van der Waals surface area contributed by atoms with Gasteiger partial charge in [-0.15, -0.1) is 0 Å². The highest BCUT2D eigenvalue weighted by atomic mass is 35.5. The molecule has 1 heterocycles. The normalized spacial score (nSPS) is 10.1. The van der Waals surface area contributed by atoms with Gasteiger partial charge in [-0.2, -0.15) is 15.4 Å². The predicted octanol–water partition coefficient (Wildman–Crippen LogP) is 1.41. The molecule has 0 spiro atoms. The summed E-state index contributed by atoms with van der Waals surface area (Å²) in [5.74, 6) is -1.60. The van der Waals surface area contributed by atoms with E-state index < -0.39 is 11.9 Å². The lowest BCUT2D eigenvalue weighted by Crippen LogP contribution is -2.12. The molecule has 0 saturated heterocycles. The molecule has 2 aromatic rings. The lowest BCUT2D eigenvalue weighted by molar-refractivity contribution is 0.0697. The van der Waals surface area contributed by atoms with Crippen molar-refractivity contribution < 1.29 is 14.7 Å². The van der Waals surface area contributed by atoms with Crippen LogP contribution in [0.3, 0.4) is 0 Å². The van der Waals surface area contributed by atoms with E-state index in [0.717, 1.165) is 0 Å². The molecule has 0 saturated carbocycles. The van der Waals surface area contributed by atoms with Crippen LogP contribution in [0.2, 0.25) is 5.02 Å². The van der Waals surface area contributed by atoms with Gasteiger partial charge in [0.25, 0.3) is 5.91 Å². The monoisotopic (exact) mass is 266 g/mol. The maximum absolute atomic E-state index is 11.6. The number of amides is 1. The van der Waals surface area contributed by atoms with Crippen LogP contribution >= 0.6 is 11.6 Å². The number of carboxylic acid groups (broad SMARTS) is 1. The lowest BCUT2D eigenvalue weighted by Gasteiger charge is -2.05. The van der Waals surface area contributed by atoms with Crippen LogP contribution in [0, 0.1) is 0 Å². The Labute approximate surface area is 106 Å². The van der Waals surface area contributed by atoms with E-state index in [-0.39, 0.29) is 16.3 Å². The third-order valence-corrected chi connectivity index (χ3v) is 2.42. The van der Waals surface area contributed by atoms with Crippen LogP contribution in [0.25, 0.3) is 0 Å². The molecule has 1 aromatic carbocycles. The fourth-order valence-electron chi connectivity index (χ4n) is 1.27. The maximum Gasteiger partial charge on any atom is 0.337 e. The molecule has 0 radical (unpaired) electrons. The molecule has 0 atom stereocenters. The minimum atomic E-state index is -1.13. The number of nitrogens with zero attached hydrogens (tertiary/aromatic N) is 2. The second-order valence-corrected chi connectivity index (χ2v) is 3.72. The highest BCUT2D eigenvalue weighted by molar-refractivity contribution is 6.33. The van der Waals surface area contributed by atoms with Crippen LogP contribution in [0.4, 0.5) is 5.69 Å². The van der Waals surface area contributed by atoms with Crippen LogP contribution in [-0.2, 0) is 0 Å². The highest BCUT2D eigenvalue weighted by Gasteiger charge is 2.12. The van der Waals surface area contributed by atoms with Crippen LogP contribution in [0.15, 0.2) is 24.4 Å². The number of carbonyl (C=O) groups excluding carboxylic acids is 1. The number of anilines is 1. The van der Waals surface area contributed by atoms with Crippen molar-refractivity contribution in [3.63, 3.8) is 0 Å². The van der Waals surface area contributed by atoms with Crippen LogP contribution < -0.4 is 5.32 Å². The van der Waals surface area contributed by atoms with E-state index >= 15 is 0 Å². The van der Waals surface area contributed by atoms with Gasteiger partial charge in [0, 0.05) is 5.69 Å². The number of H-pyrrole nitrogens is 1. The molecule has 0 unspecified atom stereocenters. The van der Waals surface area contributed by atoms with E-state index in [2.05, 4.69) is 20.7 Å². The highest BCUT2D eigenvalue weighted by Crippen LogP contribution is 2.21. The number of benzene rings is 1. The second-order valence-electron chi connectivity index (χ2n) is 3.31. The van der Waals surface area contributed by atoms with E-state index in [4.69, 9.17) is 16.7 Å². The smallest absolute Gasteiger partial charge is 0.337 e. The number of aromatic nitrogens is 3. The Hall–Kier alpha value is -2.41. The number of rotatable bonds is 3. The average molecular weight is 267 g/mol. The maximum atomic E-state index is 11.6. The first kappa shape index (κ1) is 12.1. The van der Waals surface area contributed by atoms with E-state index in [1.54, 1.807) is 0 Å². The van der Waals surface area contributed by atoms with Crippen molar-refractivity contribution in [2.45, 2.75) is 0 Å². The van der Waals surface area contributed by atoms with Gasteiger partial charge in [-0.1, -0.05) is 11.6 Å². The number of hydrogen-bond donors (Lipinski definition) is 3. The van der Waals surface area contributed by atoms with E-state index in [1.165, 1.54) is 24.4 Å².